The van der Waals surface area contributed by atoms with Gasteiger partial charge in [-0.05, 0) is 37.0 Å². The van der Waals surface area contributed by atoms with Gasteiger partial charge < -0.3 is 9.47 Å². The number of esters is 2. The molecule has 168 valence electrons. The van der Waals surface area contributed by atoms with Crippen LogP contribution in [-0.2, 0) is 20.7 Å². The van der Waals surface area contributed by atoms with E-state index in [2.05, 4.69) is 18.6 Å². The van der Waals surface area contributed by atoms with Crippen molar-refractivity contribution >= 4 is 18.4 Å². The molecule has 0 fully saturated rings. The number of ether oxygens (including phenoxy) is 2. The van der Waals surface area contributed by atoms with E-state index < -0.39 is 11.9 Å². The molecule has 0 radical (unpaired) electrons. The number of hydrogen-bond donors (Lipinski definition) is 0. The predicted molar refractivity (Wildman–Crippen MR) is 119 cm³/mol. The third kappa shape index (κ3) is 10.6. The minimum Gasteiger partial charge on any atom is -0.462 e. The number of aryl methyl sites for hydroxylation is 1. The van der Waals surface area contributed by atoms with Crippen molar-refractivity contribution in [1.82, 2.24) is 0 Å². The zero-order chi connectivity index (χ0) is 22.0. The van der Waals surface area contributed by atoms with Gasteiger partial charge in [0.1, 0.15) is 0 Å². The Balaban J connectivity index is 2.65. The molecule has 5 heteroatoms. The molecule has 1 aromatic carbocycles. The zero-order valence-corrected chi connectivity index (χ0v) is 18.8. The molecule has 0 amide bonds. The largest absolute Gasteiger partial charge is 0.462 e. The summed E-state index contributed by atoms with van der Waals surface area (Å²) in [4.78, 5) is 35.2. The first-order valence-corrected chi connectivity index (χ1v) is 11.6. The number of carbonyl (C=O) groups is 3. The first-order valence-electron chi connectivity index (χ1n) is 11.6. The highest BCUT2D eigenvalue weighted by molar-refractivity contribution is 6.04. The van der Waals surface area contributed by atoms with Crippen LogP contribution < -0.4 is 0 Å². The summed E-state index contributed by atoms with van der Waals surface area (Å²) < 4.78 is 9.84. The first kappa shape index (κ1) is 25.9. The summed E-state index contributed by atoms with van der Waals surface area (Å²) in [5, 5.41) is 0. The molecule has 0 spiro atoms. The third-order valence-electron chi connectivity index (χ3n) is 5.23. The van der Waals surface area contributed by atoms with Crippen LogP contribution in [0.15, 0.2) is 18.2 Å². The van der Waals surface area contributed by atoms with Crippen molar-refractivity contribution in [1.29, 1.82) is 0 Å². The monoisotopic (exact) mass is 418 g/mol. The van der Waals surface area contributed by atoms with Crippen molar-refractivity contribution in [3.8, 4) is 0 Å². The molecule has 0 aliphatic rings. The molecule has 30 heavy (non-hydrogen) atoms. The van der Waals surface area contributed by atoms with Gasteiger partial charge >= 0.3 is 18.4 Å². The molecule has 0 saturated heterocycles. The standard InChI is InChI=1S/C25H38O5/c1-3-5-7-9-11-13-15-21-16-17-22(24(27)30-20-26)23(19-21)25(28)29-18-14-12-10-8-6-4-2/h16-17,19-20H,3-15,18H2,1-2H3. The second-order valence-electron chi connectivity index (χ2n) is 7.80. The van der Waals surface area contributed by atoms with Gasteiger partial charge in [0, 0.05) is 0 Å². The van der Waals surface area contributed by atoms with E-state index in [1.807, 2.05) is 6.07 Å². The lowest BCUT2D eigenvalue weighted by Gasteiger charge is -2.11. The number of hydrogen-bond acceptors (Lipinski definition) is 5. The van der Waals surface area contributed by atoms with Crippen molar-refractivity contribution in [2.45, 2.75) is 97.3 Å². The minimum absolute atomic E-state index is 0.0711. The highest BCUT2D eigenvalue weighted by Crippen LogP contribution is 2.18. The highest BCUT2D eigenvalue weighted by atomic mass is 16.6. The van der Waals surface area contributed by atoms with Crippen molar-refractivity contribution in [2.24, 2.45) is 0 Å². The summed E-state index contributed by atoms with van der Waals surface area (Å²) in [6.07, 6.45) is 14.6. The van der Waals surface area contributed by atoms with Crippen LogP contribution in [0.4, 0.5) is 0 Å². The maximum Gasteiger partial charge on any atom is 0.346 e. The van der Waals surface area contributed by atoms with Crippen LogP contribution >= 0.6 is 0 Å². The van der Waals surface area contributed by atoms with E-state index >= 15 is 0 Å². The van der Waals surface area contributed by atoms with E-state index in [-0.39, 0.29) is 17.6 Å². The van der Waals surface area contributed by atoms with Gasteiger partial charge in [0.05, 0.1) is 17.7 Å². The third-order valence-corrected chi connectivity index (χ3v) is 5.23. The zero-order valence-electron chi connectivity index (χ0n) is 18.8. The smallest absolute Gasteiger partial charge is 0.346 e. The van der Waals surface area contributed by atoms with Gasteiger partial charge in [-0.3, -0.25) is 4.79 Å². The van der Waals surface area contributed by atoms with E-state index in [0.717, 1.165) is 44.1 Å². The number of benzene rings is 1. The quantitative estimate of drug-likeness (QED) is 0.126. The van der Waals surface area contributed by atoms with Crippen LogP contribution in [-0.4, -0.2) is 25.0 Å². The second kappa shape index (κ2) is 16.6. The van der Waals surface area contributed by atoms with Gasteiger partial charge in [0.25, 0.3) is 0 Å². The SMILES string of the molecule is CCCCCCCCOC(=O)c1cc(CCCCCCCC)ccc1C(=O)OC=O. The fraction of sp³-hybridized carbons (Fsp3) is 0.640. The fourth-order valence-electron chi connectivity index (χ4n) is 3.44. The van der Waals surface area contributed by atoms with E-state index in [1.165, 1.54) is 44.9 Å². The van der Waals surface area contributed by atoms with Gasteiger partial charge in [0.15, 0.2) is 0 Å². The summed E-state index contributed by atoms with van der Waals surface area (Å²) in [6.45, 7) is 4.78. The van der Waals surface area contributed by atoms with Crippen molar-refractivity contribution in [3.63, 3.8) is 0 Å². The van der Waals surface area contributed by atoms with Gasteiger partial charge in [-0.25, -0.2) is 9.59 Å². The van der Waals surface area contributed by atoms with E-state index in [4.69, 9.17) is 4.74 Å². The van der Waals surface area contributed by atoms with Gasteiger partial charge in [-0.15, -0.1) is 0 Å². The molecule has 0 heterocycles. The molecular formula is C25H38O5. The molecule has 0 aromatic heterocycles. The number of unbranched alkanes of at least 4 members (excludes halogenated alkanes) is 10. The van der Waals surface area contributed by atoms with E-state index in [1.54, 1.807) is 12.1 Å². The molecule has 1 rings (SSSR count). The summed E-state index contributed by atoms with van der Waals surface area (Å²) >= 11 is 0. The minimum atomic E-state index is -0.831. The van der Waals surface area contributed by atoms with Crippen LogP contribution in [0.1, 0.15) is 117 Å². The van der Waals surface area contributed by atoms with Crippen LogP contribution in [0.2, 0.25) is 0 Å². The lowest BCUT2D eigenvalue weighted by molar-refractivity contribution is -0.123. The Hall–Kier alpha value is -2.17. The van der Waals surface area contributed by atoms with Crippen LogP contribution in [0.5, 0.6) is 0 Å². The topological polar surface area (TPSA) is 69.7 Å². The Kier molecular flexibility index (Phi) is 14.3. The number of rotatable bonds is 17. The Bertz CT molecular complexity index is 638. The van der Waals surface area contributed by atoms with E-state index in [9.17, 15) is 14.4 Å². The molecule has 0 aliphatic carbocycles. The lowest BCUT2D eigenvalue weighted by Crippen LogP contribution is -2.15. The first-order chi connectivity index (χ1) is 14.6. The Morgan fingerprint density at radius 2 is 1.37 bits per heavy atom. The fourth-order valence-corrected chi connectivity index (χ4v) is 3.44. The van der Waals surface area contributed by atoms with E-state index in [0.29, 0.717) is 6.61 Å². The molecule has 0 N–H and O–H groups in total. The van der Waals surface area contributed by atoms with Crippen LogP contribution in [0.25, 0.3) is 0 Å². The molecule has 0 atom stereocenters. The van der Waals surface area contributed by atoms with Crippen molar-refractivity contribution in [2.75, 3.05) is 6.61 Å². The molecular weight excluding hydrogens is 380 g/mol. The molecule has 1 aromatic rings. The highest BCUT2D eigenvalue weighted by Gasteiger charge is 2.20. The summed E-state index contributed by atoms with van der Waals surface area (Å²) in [5.74, 6) is -1.37. The Morgan fingerprint density at radius 1 is 0.767 bits per heavy atom. The van der Waals surface area contributed by atoms with Gasteiger partial charge in [-0.2, -0.15) is 0 Å². The van der Waals surface area contributed by atoms with Crippen molar-refractivity contribution < 1.29 is 23.9 Å². The predicted octanol–water partition coefficient (Wildman–Crippen LogP) is 6.42. The summed E-state index contributed by atoms with van der Waals surface area (Å²) in [7, 11) is 0. The number of carbonyl (C=O) groups excluding carboxylic acids is 3. The van der Waals surface area contributed by atoms with Crippen LogP contribution in [0, 0.1) is 0 Å². The molecule has 0 bridgehead atoms. The molecule has 5 nitrogen and oxygen atoms in total. The lowest BCUT2D eigenvalue weighted by atomic mass is 9.99. The summed E-state index contributed by atoms with van der Waals surface area (Å²) in [6, 6.07) is 5.08. The van der Waals surface area contributed by atoms with Gasteiger partial charge in [0.2, 0.25) is 0 Å². The molecule has 0 unspecified atom stereocenters. The average molecular weight is 419 g/mol. The second-order valence-corrected chi connectivity index (χ2v) is 7.80. The Morgan fingerprint density at radius 3 is 2.00 bits per heavy atom. The van der Waals surface area contributed by atoms with Crippen LogP contribution in [0.3, 0.4) is 0 Å². The van der Waals surface area contributed by atoms with Gasteiger partial charge in [-0.1, -0.05) is 84.1 Å². The average Bonchev–Trinajstić information content (AvgIpc) is 2.75. The maximum absolute atomic E-state index is 12.6. The Labute approximate surface area is 181 Å². The van der Waals surface area contributed by atoms with Crippen molar-refractivity contribution in [3.05, 3.63) is 34.9 Å². The summed E-state index contributed by atoms with van der Waals surface area (Å²) in [5.41, 5.74) is 1.23. The molecule has 0 aliphatic heterocycles. The molecule has 0 saturated carbocycles. The maximum atomic E-state index is 12.6. The normalized spacial score (nSPS) is 10.6.